The van der Waals surface area contributed by atoms with Gasteiger partial charge < -0.3 is 19.7 Å². The zero-order valence-electron chi connectivity index (χ0n) is 24.1. The van der Waals surface area contributed by atoms with Crippen LogP contribution in [0.5, 0.6) is 11.5 Å². The Bertz CT molecular complexity index is 1380. The van der Waals surface area contributed by atoms with Gasteiger partial charge in [-0.1, -0.05) is 43.7 Å². The van der Waals surface area contributed by atoms with Crippen LogP contribution in [-0.4, -0.2) is 58.0 Å². The smallest absolute Gasteiger partial charge is 0.264 e. The van der Waals surface area contributed by atoms with Crippen molar-refractivity contribution in [3.63, 3.8) is 0 Å². The van der Waals surface area contributed by atoms with Crippen LogP contribution in [-0.2, 0) is 26.2 Å². The standard InChI is InChI=1S/C31H39N3O6S/c1-5-7-20-32-31(36)24(3)33(22-25-12-11-15-28(21-25)39-4)30(35)23-34(26-13-9-8-10-14-26)41(37,38)29-18-16-27(17-19-29)40-6-2/h8-19,21,24H,5-7,20,22-23H2,1-4H3,(H,32,36). The first-order valence-electron chi connectivity index (χ1n) is 13.7. The van der Waals surface area contributed by atoms with Gasteiger partial charge in [-0.2, -0.15) is 0 Å². The molecule has 1 N–H and O–H groups in total. The van der Waals surface area contributed by atoms with E-state index in [0.717, 1.165) is 22.7 Å². The fourth-order valence-corrected chi connectivity index (χ4v) is 5.63. The second-order valence-electron chi connectivity index (χ2n) is 9.45. The number of carbonyl (C=O) groups is 2. The Morgan fingerprint density at radius 3 is 2.27 bits per heavy atom. The molecule has 41 heavy (non-hydrogen) atoms. The number of hydrogen-bond donors (Lipinski definition) is 1. The molecule has 9 nitrogen and oxygen atoms in total. The number of anilines is 1. The SMILES string of the molecule is CCCCNC(=O)C(C)N(Cc1cccc(OC)c1)C(=O)CN(c1ccccc1)S(=O)(=O)c1ccc(OCC)cc1. The van der Waals surface area contributed by atoms with Gasteiger partial charge in [0.25, 0.3) is 10.0 Å². The molecule has 0 spiro atoms. The van der Waals surface area contributed by atoms with Crippen molar-refractivity contribution in [2.24, 2.45) is 0 Å². The molecule has 1 unspecified atom stereocenters. The van der Waals surface area contributed by atoms with Gasteiger partial charge in [0.2, 0.25) is 11.8 Å². The summed E-state index contributed by atoms with van der Waals surface area (Å²) < 4.78 is 39.7. The van der Waals surface area contributed by atoms with E-state index in [4.69, 9.17) is 9.47 Å². The van der Waals surface area contributed by atoms with E-state index in [1.54, 1.807) is 74.7 Å². The van der Waals surface area contributed by atoms with Crippen LogP contribution < -0.4 is 19.1 Å². The summed E-state index contributed by atoms with van der Waals surface area (Å²) in [7, 11) is -2.60. The number of nitrogens with one attached hydrogen (secondary N) is 1. The van der Waals surface area contributed by atoms with Crippen LogP contribution in [0.1, 0.15) is 39.2 Å². The van der Waals surface area contributed by atoms with Gasteiger partial charge in [-0.05, 0) is 74.4 Å². The third-order valence-corrected chi connectivity index (χ3v) is 8.32. The highest BCUT2D eigenvalue weighted by atomic mass is 32.2. The first-order chi connectivity index (χ1) is 19.7. The van der Waals surface area contributed by atoms with E-state index in [1.807, 2.05) is 19.9 Å². The van der Waals surface area contributed by atoms with Crippen molar-refractivity contribution < 1.29 is 27.5 Å². The van der Waals surface area contributed by atoms with Crippen molar-refractivity contribution in [3.8, 4) is 11.5 Å². The second-order valence-corrected chi connectivity index (χ2v) is 11.3. The summed E-state index contributed by atoms with van der Waals surface area (Å²) in [6.07, 6.45) is 1.72. The van der Waals surface area contributed by atoms with Gasteiger partial charge >= 0.3 is 0 Å². The predicted molar refractivity (Wildman–Crippen MR) is 160 cm³/mol. The third-order valence-electron chi connectivity index (χ3n) is 6.53. The topological polar surface area (TPSA) is 105 Å². The Labute approximate surface area is 243 Å². The lowest BCUT2D eigenvalue weighted by molar-refractivity contribution is -0.139. The molecule has 0 saturated heterocycles. The molecule has 0 saturated carbocycles. The lowest BCUT2D eigenvalue weighted by atomic mass is 10.1. The number of ether oxygens (including phenoxy) is 2. The van der Waals surface area contributed by atoms with Crippen LogP contribution in [0.25, 0.3) is 0 Å². The minimum Gasteiger partial charge on any atom is -0.497 e. The lowest BCUT2D eigenvalue weighted by Gasteiger charge is -2.32. The van der Waals surface area contributed by atoms with E-state index in [2.05, 4.69) is 5.32 Å². The molecule has 0 fully saturated rings. The molecule has 3 aromatic rings. The quantitative estimate of drug-likeness (QED) is 0.263. The molecule has 0 aliphatic carbocycles. The zero-order chi connectivity index (χ0) is 29.8. The summed E-state index contributed by atoms with van der Waals surface area (Å²) >= 11 is 0. The van der Waals surface area contributed by atoms with Gasteiger partial charge in [-0.3, -0.25) is 13.9 Å². The maximum absolute atomic E-state index is 14.0. The van der Waals surface area contributed by atoms with Crippen LogP contribution in [0.4, 0.5) is 5.69 Å². The summed E-state index contributed by atoms with van der Waals surface area (Å²) in [4.78, 5) is 28.4. The number of hydrogen-bond acceptors (Lipinski definition) is 6. The van der Waals surface area contributed by atoms with Crippen LogP contribution in [0.15, 0.2) is 83.8 Å². The number of methoxy groups -OCH3 is 1. The maximum Gasteiger partial charge on any atom is 0.264 e. The van der Waals surface area contributed by atoms with Crippen LogP contribution in [0.3, 0.4) is 0 Å². The first kappa shape index (κ1) is 31.5. The van der Waals surface area contributed by atoms with Gasteiger partial charge in [0.1, 0.15) is 24.1 Å². The Hall–Kier alpha value is -4.05. The molecule has 220 valence electrons. The minimum atomic E-state index is -4.15. The second kappa shape index (κ2) is 15.1. The summed E-state index contributed by atoms with van der Waals surface area (Å²) in [5.74, 6) is 0.319. The molecule has 0 aliphatic heterocycles. The van der Waals surface area contributed by atoms with Crippen molar-refractivity contribution in [1.29, 1.82) is 0 Å². The Kier molecular flexibility index (Phi) is 11.6. The first-order valence-corrected chi connectivity index (χ1v) is 15.2. The maximum atomic E-state index is 14.0. The van der Waals surface area contributed by atoms with Crippen molar-refractivity contribution in [1.82, 2.24) is 10.2 Å². The summed E-state index contributed by atoms with van der Waals surface area (Å²) in [6.45, 7) is 6.04. The highest BCUT2D eigenvalue weighted by Gasteiger charge is 2.32. The normalized spacial score (nSPS) is 11.8. The number of amides is 2. The fraction of sp³-hybridized carbons (Fsp3) is 0.355. The highest BCUT2D eigenvalue weighted by Crippen LogP contribution is 2.26. The van der Waals surface area contributed by atoms with E-state index in [9.17, 15) is 18.0 Å². The number of rotatable bonds is 15. The molecular weight excluding hydrogens is 542 g/mol. The average Bonchev–Trinajstić information content (AvgIpc) is 2.99. The summed E-state index contributed by atoms with van der Waals surface area (Å²) in [5, 5.41) is 2.88. The number of carbonyl (C=O) groups excluding carboxylic acids is 2. The number of nitrogens with zero attached hydrogens (tertiary/aromatic N) is 2. The van der Waals surface area contributed by atoms with Gasteiger partial charge in [0.05, 0.1) is 24.3 Å². The van der Waals surface area contributed by atoms with Crippen LogP contribution >= 0.6 is 0 Å². The van der Waals surface area contributed by atoms with Crippen LogP contribution in [0, 0.1) is 0 Å². The third kappa shape index (κ3) is 8.47. The predicted octanol–water partition coefficient (Wildman–Crippen LogP) is 4.62. The lowest BCUT2D eigenvalue weighted by Crippen LogP contribution is -2.51. The largest absolute Gasteiger partial charge is 0.497 e. The molecule has 0 bridgehead atoms. The fourth-order valence-electron chi connectivity index (χ4n) is 4.21. The van der Waals surface area contributed by atoms with Crippen LogP contribution in [0.2, 0.25) is 0 Å². The van der Waals surface area contributed by atoms with Gasteiger partial charge in [-0.25, -0.2) is 8.42 Å². The van der Waals surface area contributed by atoms with Gasteiger partial charge in [0, 0.05) is 13.1 Å². The number of para-hydroxylation sites is 1. The minimum absolute atomic E-state index is 0.0160. The Morgan fingerprint density at radius 1 is 0.927 bits per heavy atom. The van der Waals surface area contributed by atoms with Crippen molar-refractivity contribution in [3.05, 3.63) is 84.4 Å². The molecule has 3 aromatic carbocycles. The van der Waals surface area contributed by atoms with E-state index in [0.29, 0.717) is 30.3 Å². The summed E-state index contributed by atoms with van der Waals surface area (Å²) in [6, 6.07) is 20.9. The Balaban J connectivity index is 1.97. The summed E-state index contributed by atoms with van der Waals surface area (Å²) in [5.41, 5.74) is 1.07. The van der Waals surface area contributed by atoms with E-state index in [-0.39, 0.29) is 17.3 Å². The molecular formula is C31H39N3O6S. The molecule has 0 aliphatic rings. The Morgan fingerprint density at radius 2 is 1.63 bits per heavy atom. The van der Waals surface area contributed by atoms with Gasteiger partial charge in [0.15, 0.2) is 0 Å². The van der Waals surface area contributed by atoms with E-state index in [1.165, 1.54) is 17.0 Å². The molecule has 1 atom stereocenters. The number of unbranched alkanes of at least 4 members (excludes halogenated alkanes) is 1. The molecule has 0 heterocycles. The number of benzene rings is 3. The van der Waals surface area contributed by atoms with Crippen molar-refractivity contribution in [2.45, 2.75) is 51.1 Å². The molecule has 10 heteroatoms. The zero-order valence-corrected chi connectivity index (χ0v) is 24.9. The molecule has 0 aromatic heterocycles. The monoisotopic (exact) mass is 581 g/mol. The molecule has 3 rings (SSSR count). The molecule has 2 amide bonds. The number of sulfonamides is 1. The van der Waals surface area contributed by atoms with Crippen molar-refractivity contribution >= 4 is 27.5 Å². The average molecular weight is 582 g/mol. The molecule has 0 radical (unpaired) electrons. The van der Waals surface area contributed by atoms with E-state index < -0.39 is 28.5 Å². The van der Waals surface area contributed by atoms with E-state index >= 15 is 0 Å². The van der Waals surface area contributed by atoms with Crippen molar-refractivity contribution in [2.75, 3.05) is 31.1 Å². The highest BCUT2D eigenvalue weighted by molar-refractivity contribution is 7.92. The van der Waals surface area contributed by atoms with Gasteiger partial charge in [-0.15, -0.1) is 0 Å².